The van der Waals surface area contributed by atoms with Crippen LogP contribution in [0, 0.1) is 5.92 Å². The molecule has 0 radical (unpaired) electrons. The largest absolute Gasteiger partial charge is 0.506 e. The third kappa shape index (κ3) is 3.61. The minimum Gasteiger partial charge on any atom is -0.506 e. The lowest BCUT2D eigenvalue weighted by molar-refractivity contribution is 0.0691. The second-order valence-electron chi connectivity index (χ2n) is 7.33. The van der Waals surface area contributed by atoms with Gasteiger partial charge in [-0.1, -0.05) is 13.0 Å². The van der Waals surface area contributed by atoms with Gasteiger partial charge in [-0.15, -0.1) is 0 Å². The van der Waals surface area contributed by atoms with Crippen molar-refractivity contribution in [2.75, 3.05) is 13.6 Å². The van der Waals surface area contributed by atoms with E-state index in [1.54, 1.807) is 14.0 Å². The lowest BCUT2D eigenvalue weighted by atomic mass is 9.99. The Hall–Kier alpha value is -3.39. The Bertz CT molecular complexity index is 1180. The van der Waals surface area contributed by atoms with Crippen LogP contribution in [0.25, 0.3) is 22.2 Å². The molecule has 8 heteroatoms. The van der Waals surface area contributed by atoms with E-state index >= 15 is 0 Å². The van der Waals surface area contributed by atoms with Crippen LogP contribution in [0.5, 0.6) is 5.75 Å². The fourth-order valence-electron chi connectivity index (χ4n) is 4.06. The molecule has 0 amide bonds. The molecule has 1 aromatic carbocycles. The van der Waals surface area contributed by atoms with E-state index in [-0.39, 0.29) is 0 Å². The zero-order valence-corrected chi connectivity index (χ0v) is 17.1. The average Bonchev–Trinajstić information content (AvgIpc) is 3.24. The van der Waals surface area contributed by atoms with Gasteiger partial charge in [0.05, 0.1) is 5.69 Å². The highest BCUT2D eigenvalue weighted by Gasteiger charge is 2.24. The van der Waals surface area contributed by atoms with E-state index in [4.69, 9.17) is 5.73 Å². The van der Waals surface area contributed by atoms with Gasteiger partial charge in [0, 0.05) is 35.8 Å². The number of hydrogen-bond donors (Lipinski definition) is 4. The fourth-order valence-corrected chi connectivity index (χ4v) is 4.06. The van der Waals surface area contributed by atoms with Crippen molar-refractivity contribution in [1.29, 1.82) is 0 Å². The third-order valence-electron chi connectivity index (χ3n) is 5.41. The maximum absolute atomic E-state index is 12.2. The van der Waals surface area contributed by atoms with E-state index in [9.17, 15) is 19.8 Å². The molecule has 4 rings (SSSR count). The quantitative estimate of drug-likeness (QED) is 0.490. The summed E-state index contributed by atoms with van der Waals surface area (Å²) in [6.07, 6.45) is 1.34. The molecule has 1 aliphatic rings. The minimum absolute atomic E-state index is 0.390. The number of hydrogen-bond acceptors (Lipinski definition) is 5. The molecule has 0 aliphatic carbocycles. The SMILES string of the molecule is C=NC.CCc1c(-c2ccc3c(c2)cc2n3C[C@@H](CN)C2)[nH]c(=O)c(C(=O)O)c1O. The van der Waals surface area contributed by atoms with Crippen LogP contribution in [-0.2, 0) is 19.4 Å². The number of aliphatic imine (C=N–C) groups is 1. The first-order valence-electron chi connectivity index (χ1n) is 9.74. The monoisotopic (exact) mass is 410 g/mol. The van der Waals surface area contributed by atoms with Gasteiger partial charge in [0.25, 0.3) is 5.56 Å². The number of rotatable bonds is 4. The Labute approximate surface area is 173 Å². The highest BCUT2D eigenvalue weighted by Crippen LogP contribution is 2.34. The molecular formula is C22H26N4O4. The van der Waals surface area contributed by atoms with Gasteiger partial charge in [-0.3, -0.25) is 4.79 Å². The Kier molecular flexibility index (Phi) is 6.07. The summed E-state index contributed by atoms with van der Waals surface area (Å²) in [5, 5.41) is 20.6. The summed E-state index contributed by atoms with van der Waals surface area (Å²) >= 11 is 0. The molecule has 1 atom stereocenters. The summed E-state index contributed by atoms with van der Waals surface area (Å²) in [4.78, 5) is 29.3. The van der Waals surface area contributed by atoms with Crippen molar-refractivity contribution < 1.29 is 15.0 Å². The molecule has 0 fully saturated rings. The number of benzene rings is 1. The predicted octanol–water partition coefficient (Wildman–Crippen LogP) is 2.41. The number of aromatic carboxylic acids is 1. The molecule has 0 saturated carbocycles. The maximum Gasteiger partial charge on any atom is 0.345 e. The van der Waals surface area contributed by atoms with E-state index in [2.05, 4.69) is 27.3 Å². The predicted molar refractivity (Wildman–Crippen MR) is 118 cm³/mol. The summed E-state index contributed by atoms with van der Waals surface area (Å²) in [5.74, 6) is -1.44. The van der Waals surface area contributed by atoms with Gasteiger partial charge in [-0.25, -0.2) is 4.79 Å². The van der Waals surface area contributed by atoms with Crippen LogP contribution < -0.4 is 11.3 Å². The van der Waals surface area contributed by atoms with Gasteiger partial charge in [-0.05, 0) is 55.8 Å². The van der Waals surface area contributed by atoms with Gasteiger partial charge in [0.1, 0.15) is 5.75 Å². The van der Waals surface area contributed by atoms with Gasteiger partial charge in [-0.2, -0.15) is 0 Å². The molecule has 1 aliphatic heterocycles. The Balaban J connectivity index is 0.000000806. The average molecular weight is 410 g/mol. The van der Waals surface area contributed by atoms with E-state index in [0.717, 1.165) is 29.4 Å². The number of pyridine rings is 1. The van der Waals surface area contributed by atoms with Crippen molar-refractivity contribution in [3.8, 4) is 17.0 Å². The van der Waals surface area contributed by atoms with Crippen molar-refractivity contribution in [3.05, 3.63) is 51.4 Å². The van der Waals surface area contributed by atoms with Crippen LogP contribution in [0.15, 0.2) is 34.1 Å². The number of carboxylic acid groups (broad SMARTS) is 1. The Morgan fingerprint density at radius 1 is 1.40 bits per heavy atom. The second kappa shape index (κ2) is 8.54. The number of carboxylic acids is 1. The number of aromatic hydroxyl groups is 1. The molecule has 30 heavy (non-hydrogen) atoms. The molecule has 0 saturated heterocycles. The first kappa shape index (κ1) is 21.3. The number of aromatic nitrogens is 2. The van der Waals surface area contributed by atoms with Gasteiger partial charge >= 0.3 is 5.97 Å². The van der Waals surface area contributed by atoms with Crippen molar-refractivity contribution >= 4 is 23.6 Å². The second-order valence-corrected chi connectivity index (χ2v) is 7.33. The maximum atomic E-state index is 12.2. The zero-order valence-electron chi connectivity index (χ0n) is 17.1. The van der Waals surface area contributed by atoms with Gasteiger partial charge < -0.3 is 30.5 Å². The Morgan fingerprint density at radius 3 is 2.70 bits per heavy atom. The van der Waals surface area contributed by atoms with Crippen LogP contribution >= 0.6 is 0 Å². The lowest BCUT2D eigenvalue weighted by Crippen LogP contribution is -2.20. The van der Waals surface area contributed by atoms with E-state index in [1.807, 2.05) is 18.2 Å². The number of carbonyl (C=O) groups is 1. The summed E-state index contributed by atoms with van der Waals surface area (Å²) < 4.78 is 2.27. The highest BCUT2D eigenvalue weighted by atomic mass is 16.4. The lowest BCUT2D eigenvalue weighted by Gasteiger charge is -2.12. The van der Waals surface area contributed by atoms with Crippen molar-refractivity contribution in [2.24, 2.45) is 16.6 Å². The van der Waals surface area contributed by atoms with E-state index in [1.165, 1.54) is 5.69 Å². The number of H-pyrrole nitrogens is 1. The van der Waals surface area contributed by atoms with Crippen LogP contribution in [0.1, 0.15) is 28.5 Å². The molecule has 8 nitrogen and oxygen atoms in total. The Morgan fingerprint density at radius 2 is 2.10 bits per heavy atom. The topological polar surface area (TPSA) is 134 Å². The van der Waals surface area contributed by atoms with E-state index in [0.29, 0.717) is 30.1 Å². The molecule has 0 unspecified atom stereocenters. The van der Waals surface area contributed by atoms with Crippen LogP contribution in [0.4, 0.5) is 0 Å². The molecular weight excluding hydrogens is 384 g/mol. The first-order chi connectivity index (χ1) is 14.4. The molecule has 0 bridgehead atoms. The van der Waals surface area contributed by atoms with E-state index < -0.39 is 22.8 Å². The number of nitrogens with one attached hydrogen (secondary N) is 1. The molecule has 158 valence electrons. The summed E-state index contributed by atoms with van der Waals surface area (Å²) in [7, 11) is 1.64. The number of nitrogens with zero attached hydrogens (tertiary/aromatic N) is 2. The van der Waals surface area contributed by atoms with Gasteiger partial charge in [0.15, 0.2) is 5.56 Å². The molecule has 3 aromatic rings. The minimum atomic E-state index is -1.44. The number of fused-ring (bicyclic) bond motifs is 3. The standard InChI is InChI=1S/C20H21N3O4.C2H5N/c1-2-14-17(22-19(25)16(18(14)24)20(26)27)11-3-4-15-12(6-11)7-13-5-10(8-21)9-23(13)15;1-3-2/h3-4,6-7,10H,2,5,8-9,21H2,1H3,(H,26,27)(H2,22,24,25);1H2,2H3/t10-;/m1./s1. The van der Waals surface area contributed by atoms with Crippen molar-refractivity contribution in [1.82, 2.24) is 9.55 Å². The van der Waals surface area contributed by atoms with Gasteiger partial charge in [0.2, 0.25) is 0 Å². The van der Waals surface area contributed by atoms with Crippen molar-refractivity contribution in [3.63, 3.8) is 0 Å². The fraction of sp³-hybridized carbons (Fsp3) is 0.318. The zero-order chi connectivity index (χ0) is 22.0. The summed E-state index contributed by atoms with van der Waals surface area (Å²) in [6, 6.07) is 7.97. The third-order valence-corrected chi connectivity index (χ3v) is 5.41. The molecule has 5 N–H and O–H groups in total. The normalized spacial score (nSPS) is 14.8. The first-order valence-corrected chi connectivity index (χ1v) is 9.74. The number of aromatic amines is 1. The molecule has 3 heterocycles. The van der Waals surface area contributed by atoms with Crippen molar-refractivity contribution in [2.45, 2.75) is 26.3 Å². The van der Waals surface area contributed by atoms with Crippen LogP contribution in [0.2, 0.25) is 0 Å². The van der Waals surface area contributed by atoms with Crippen LogP contribution in [-0.4, -0.2) is 46.0 Å². The number of nitrogens with two attached hydrogens (primary N) is 1. The highest BCUT2D eigenvalue weighted by molar-refractivity contribution is 5.92. The smallest absolute Gasteiger partial charge is 0.345 e. The summed E-state index contributed by atoms with van der Waals surface area (Å²) in [5.41, 5.74) is 8.33. The summed E-state index contributed by atoms with van der Waals surface area (Å²) in [6.45, 7) is 6.48. The molecule has 0 spiro atoms. The van der Waals surface area contributed by atoms with Crippen LogP contribution in [0.3, 0.4) is 0 Å². The molecule has 2 aromatic heterocycles.